The smallest absolute Gasteiger partial charge is 0.243 e. The minimum absolute atomic E-state index is 0.162. The van der Waals surface area contributed by atoms with Crippen molar-refractivity contribution >= 4 is 70.0 Å². The minimum Gasteiger partial charge on any atom is -0.350 e. The van der Waals surface area contributed by atoms with E-state index in [2.05, 4.69) is 5.32 Å². The van der Waals surface area contributed by atoms with Gasteiger partial charge in [0.25, 0.3) is 0 Å². The third kappa shape index (κ3) is 8.56. The van der Waals surface area contributed by atoms with Crippen LogP contribution < -0.4 is 5.32 Å². The third-order valence-electron chi connectivity index (χ3n) is 4.75. The molecule has 1 unspecified atom stereocenters. The molecule has 0 aliphatic carbocycles. The van der Waals surface area contributed by atoms with Crippen LogP contribution in [0.4, 0.5) is 0 Å². The van der Waals surface area contributed by atoms with E-state index in [1.165, 1.54) is 11.8 Å². The molecule has 0 aliphatic heterocycles. The molecule has 2 aromatic rings. The Morgan fingerprint density at radius 1 is 1.00 bits per heavy atom. The van der Waals surface area contributed by atoms with Gasteiger partial charge in [0, 0.05) is 27.9 Å². The van der Waals surface area contributed by atoms with Gasteiger partial charge in [0.05, 0.1) is 15.8 Å². The SMILES string of the molecule is CCC(C(=O)NC(C)(C)C)N(Cc1ccc(Cl)c(Cl)c1)C(=O)CSCc1c(Cl)cccc1Cl. The van der Waals surface area contributed by atoms with Crippen molar-refractivity contribution in [2.75, 3.05) is 5.75 Å². The topological polar surface area (TPSA) is 49.4 Å². The van der Waals surface area contributed by atoms with Crippen molar-refractivity contribution in [2.45, 2.75) is 58.0 Å². The fourth-order valence-electron chi connectivity index (χ4n) is 3.20. The Balaban J connectivity index is 2.23. The molecular formula is C24H28Cl4N2O2S. The maximum atomic E-state index is 13.3. The van der Waals surface area contributed by atoms with Crippen molar-refractivity contribution in [3.8, 4) is 0 Å². The van der Waals surface area contributed by atoms with Crippen LogP contribution in [0, 0.1) is 0 Å². The summed E-state index contributed by atoms with van der Waals surface area (Å²) < 4.78 is 0. The van der Waals surface area contributed by atoms with Crippen molar-refractivity contribution in [1.29, 1.82) is 0 Å². The number of benzene rings is 2. The van der Waals surface area contributed by atoms with Crippen LogP contribution in [0.1, 0.15) is 45.2 Å². The predicted molar refractivity (Wildman–Crippen MR) is 142 cm³/mol. The molecule has 0 bridgehead atoms. The fourth-order valence-corrected chi connectivity index (χ4v) is 5.17. The summed E-state index contributed by atoms with van der Waals surface area (Å²) in [6, 6.07) is 9.90. The largest absolute Gasteiger partial charge is 0.350 e. The third-order valence-corrected chi connectivity index (χ3v) is 7.15. The summed E-state index contributed by atoms with van der Waals surface area (Å²) in [5.41, 5.74) is 1.16. The first-order chi connectivity index (χ1) is 15.4. The lowest BCUT2D eigenvalue weighted by Gasteiger charge is -2.33. The van der Waals surface area contributed by atoms with E-state index >= 15 is 0 Å². The molecule has 0 spiro atoms. The maximum Gasteiger partial charge on any atom is 0.243 e. The van der Waals surface area contributed by atoms with Crippen molar-refractivity contribution < 1.29 is 9.59 Å². The zero-order valence-electron chi connectivity index (χ0n) is 19.1. The number of thioether (sulfide) groups is 1. The zero-order chi connectivity index (χ0) is 24.8. The molecule has 33 heavy (non-hydrogen) atoms. The predicted octanol–water partition coefficient (Wildman–Crippen LogP) is 7.26. The number of amides is 2. The Labute approximate surface area is 220 Å². The van der Waals surface area contributed by atoms with Crippen LogP contribution in [0.2, 0.25) is 20.1 Å². The number of rotatable bonds is 9. The van der Waals surface area contributed by atoms with E-state index in [0.717, 1.165) is 11.1 Å². The Kier molecular flexibility index (Phi) is 10.7. The van der Waals surface area contributed by atoms with Gasteiger partial charge in [-0.1, -0.05) is 65.5 Å². The highest BCUT2D eigenvalue weighted by atomic mass is 35.5. The monoisotopic (exact) mass is 548 g/mol. The van der Waals surface area contributed by atoms with E-state index in [1.54, 1.807) is 41.3 Å². The highest BCUT2D eigenvalue weighted by Gasteiger charge is 2.30. The number of halogens is 4. The highest BCUT2D eigenvalue weighted by Crippen LogP contribution is 2.29. The van der Waals surface area contributed by atoms with Gasteiger partial charge in [0.1, 0.15) is 6.04 Å². The molecule has 2 aromatic carbocycles. The van der Waals surface area contributed by atoms with Gasteiger partial charge in [-0.3, -0.25) is 9.59 Å². The van der Waals surface area contributed by atoms with Crippen molar-refractivity contribution in [1.82, 2.24) is 10.2 Å². The number of hydrogen-bond acceptors (Lipinski definition) is 3. The second-order valence-corrected chi connectivity index (χ2v) is 11.2. The van der Waals surface area contributed by atoms with E-state index in [9.17, 15) is 9.59 Å². The quantitative estimate of drug-likeness (QED) is 0.358. The second kappa shape index (κ2) is 12.6. The molecular weight excluding hydrogens is 522 g/mol. The average Bonchev–Trinajstić information content (AvgIpc) is 2.71. The highest BCUT2D eigenvalue weighted by molar-refractivity contribution is 7.99. The molecule has 0 saturated heterocycles. The van der Waals surface area contributed by atoms with Gasteiger partial charge in [0.15, 0.2) is 0 Å². The molecule has 0 fully saturated rings. The summed E-state index contributed by atoms with van der Waals surface area (Å²) in [6.45, 7) is 7.85. The van der Waals surface area contributed by atoms with Gasteiger partial charge < -0.3 is 10.2 Å². The van der Waals surface area contributed by atoms with E-state index in [4.69, 9.17) is 46.4 Å². The van der Waals surface area contributed by atoms with Crippen LogP contribution in [0.15, 0.2) is 36.4 Å². The number of carbonyl (C=O) groups excluding carboxylic acids is 2. The van der Waals surface area contributed by atoms with Gasteiger partial charge in [-0.25, -0.2) is 0 Å². The first kappa shape index (κ1) is 28.1. The van der Waals surface area contributed by atoms with Gasteiger partial charge in [0.2, 0.25) is 11.8 Å². The van der Waals surface area contributed by atoms with Crippen molar-refractivity contribution in [2.24, 2.45) is 0 Å². The molecule has 1 N–H and O–H groups in total. The molecule has 9 heteroatoms. The minimum atomic E-state index is -0.629. The van der Waals surface area contributed by atoms with Crippen LogP contribution in [-0.4, -0.2) is 34.0 Å². The molecule has 0 aliphatic rings. The molecule has 1 atom stereocenters. The lowest BCUT2D eigenvalue weighted by atomic mass is 10.1. The molecule has 2 rings (SSSR count). The van der Waals surface area contributed by atoms with Crippen LogP contribution in [-0.2, 0) is 21.9 Å². The lowest BCUT2D eigenvalue weighted by molar-refractivity contribution is -0.140. The summed E-state index contributed by atoms with van der Waals surface area (Å²) in [6.07, 6.45) is 0.468. The lowest BCUT2D eigenvalue weighted by Crippen LogP contribution is -2.53. The van der Waals surface area contributed by atoms with Crippen LogP contribution in [0.3, 0.4) is 0 Å². The van der Waals surface area contributed by atoms with Crippen LogP contribution >= 0.6 is 58.2 Å². The summed E-state index contributed by atoms with van der Waals surface area (Å²) >= 11 is 26.1. The summed E-state index contributed by atoms with van der Waals surface area (Å²) in [4.78, 5) is 28.0. The molecule has 180 valence electrons. The molecule has 4 nitrogen and oxygen atoms in total. The Bertz CT molecular complexity index is 975. The van der Waals surface area contributed by atoms with Crippen LogP contribution in [0.25, 0.3) is 0 Å². The van der Waals surface area contributed by atoms with Gasteiger partial charge in [-0.2, -0.15) is 0 Å². The standard InChI is InChI=1S/C24H28Cl4N2O2S/c1-5-21(23(32)29-24(2,3)4)30(12-15-9-10-19(27)20(28)11-15)22(31)14-33-13-16-17(25)7-6-8-18(16)26/h6-11,21H,5,12-14H2,1-4H3,(H,29,32). The normalized spacial score (nSPS) is 12.4. The van der Waals surface area contributed by atoms with Crippen molar-refractivity contribution in [3.63, 3.8) is 0 Å². The first-order valence-corrected chi connectivity index (χ1v) is 13.2. The fraction of sp³-hybridized carbons (Fsp3) is 0.417. The second-order valence-electron chi connectivity index (χ2n) is 8.63. The number of nitrogens with zero attached hydrogens (tertiary/aromatic N) is 1. The summed E-state index contributed by atoms with van der Waals surface area (Å²) in [5, 5.41) is 4.94. The summed E-state index contributed by atoms with van der Waals surface area (Å²) in [7, 11) is 0. The van der Waals surface area contributed by atoms with E-state index in [1.807, 2.05) is 27.7 Å². The Morgan fingerprint density at radius 3 is 2.18 bits per heavy atom. The Morgan fingerprint density at radius 2 is 1.64 bits per heavy atom. The first-order valence-electron chi connectivity index (χ1n) is 10.5. The van der Waals surface area contributed by atoms with Gasteiger partial charge in [-0.05, 0) is 62.6 Å². The number of nitrogens with one attached hydrogen (secondary N) is 1. The van der Waals surface area contributed by atoms with E-state index < -0.39 is 11.6 Å². The molecule has 0 radical (unpaired) electrons. The van der Waals surface area contributed by atoms with E-state index in [-0.39, 0.29) is 24.1 Å². The average molecular weight is 550 g/mol. The molecule has 2 amide bonds. The van der Waals surface area contributed by atoms with Crippen molar-refractivity contribution in [3.05, 3.63) is 67.6 Å². The van der Waals surface area contributed by atoms with Gasteiger partial charge in [-0.15, -0.1) is 11.8 Å². The number of hydrogen-bond donors (Lipinski definition) is 1. The molecule has 0 heterocycles. The maximum absolute atomic E-state index is 13.3. The summed E-state index contributed by atoms with van der Waals surface area (Å²) in [5.74, 6) is 0.292. The van der Waals surface area contributed by atoms with Crippen LogP contribution in [0.5, 0.6) is 0 Å². The molecule has 0 aromatic heterocycles. The Hall–Kier alpha value is -1.11. The van der Waals surface area contributed by atoms with Gasteiger partial charge >= 0.3 is 0 Å². The van der Waals surface area contributed by atoms with E-state index in [0.29, 0.717) is 32.3 Å². The zero-order valence-corrected chi connectivity index (χ0v) is 22.9. The molecule has 0 saturated carbocycles. The number of carbonyl (C=O) groups is 2.